The van der Waals surface area contributed by atoms with Gasteiger partial charge in [0.2, 0.25) is 0 Å². The van der Waals surface area contributed by atoms with E-state index >= 15 is 0 Å². The van der Waals surface area contributed by atoms with Crippen molar-refractivity contribution in [3.8, 4) is 5.75 Å². The smallest absolute Gasteiger partial charge is 0.329 e. The number of methoxy groups -OCH3 is 1. The highest BCUT2D eigenvalue weighted by Gasteiger charge is 2.36. The molecule has 21 heavy (non-hydrogen) atoms. The summed E-state index contributed by atoms with van der Waals surface area (Å²) in [6, 6.07) is 7.09. The van der Waals surface area contributed by atoms with Crippen LogP contribution >= 0.6 is 0 Å². The lowest BCUT2D eigenvalue weighted by molar-refractivity contribution is -0.151. The first kappa shape index (κ1) is 14.7. The Bertz CT molecular complexity index is 654. The van der Waals surface area contributed by atoms with E-state index < -0.39 is 23.5 Å². The standard InChI is InChI=1S/C16H14O5/c1-10-9-13(18)15(16(19)21-10)12(17)8-7-11-5-3-4-6-14(11)20-2/h3-9,15H,1-2H3. The molecule has 1 aromatic carbocycles. The predicted octanol–water partition coefficient (Wildman–Crippen LogP) is 1.92. The molecule has 0 amide bonds. The van der Waals surface area contributed by atoms with Gasteiger partial charge < -0.3 is 9.47 Å². The van der Waals surface area contributed by atoms with E-state index in [9.17, 15) is 14.4 Å². The number of ketones is 2. The molecule has 108 valence electrons. The second-order valence-electron chi connectivity index (χ2n) is 4.49. The Morgan fingerprint density at radius 2 is 2.00 bits per heavy atom. The van der Waals surface area contributed by atoms with Crippen molar-refractivity contribution in [2.75, 3.05) is 7.11 Å². The number of ether oxygens (including phenoxy) is 2. The van der Waals surface area contributed by atoms with Gasteiger partial charge in [-0.15, -0.1) is 0 Å². The van der Waals surface area contributed by atoms with Crippen LogP contribution in [0.3, 0.4) is 0 Å². The summed E-state index contributed by atoms with van der Waals surface area (Å²) in [6.45, 7) is 1.49. The highest BCUT2D eigenvalue weighted by Crippen LogP contribution is 2.20. The molecule has 5 nitrogen and oxygen atoms in total. The van der Waals surface area contributed by atoms with Gasteiger partial charge in [-0.25, -0.2) is 0 Å². The summed E-state index contributed by atoms with van der Waals surface area (Å²) in [5.41, 5.74) is 0.677. The lowest BCUT2D eigenvalue weighted by atomic mass is 9.96. The Balaban J connectivity index is 2.20. The Labute approximate surface area is 121 Å². The zero-order valence-electron chi connectivity index (χ0n) is 11.7. The quantitative estimate of drug-likeness (QED) is 0.480. The van der Waals surface area contributed by atoms with E-state index in [4.69, 9.17) is 9.47 Å². The van der Waals surface area contributed by atoms with E-state index in [1.807, 2.05) is 0 Å². The van der Waals surface area contributed by atoms with Crippen LogP contribution in [0.15, 0.2) is 42.2 Å². The average molecular weight is 286 g/mol. The first-order valence-electron chi connectivity index (χ1n) is 6.31. The van der Waals surface area contributed by atoms with Crippen molar-refractivity contribution in [3.05, 3.63) is 47.7 Å². The third kappa shape index (κ3) is 3.25. The molecular formula is C16H14O5. The maximum atomic E-state index is 12.0. The van der Waals surface area contributed by atoms with Gasteiger partial charge in [-0.2, -0.15) is 0 Å². The van der Waals surface area contributed by atoms with Crippen LogP contribution in [-0.2, 0) is 19.1 Å². The van der Waals surface area contributed by atoms with Crippen molar-refractivity contribution in [2.45, 2.75) is 6.92 Å². The van der Waals surface area contributed by atoms with Gasteiger partial charge >= 0.3 is 5.97 Å². The number of carbonyl (C=O) groups excluding carboxylic acids is 3. The van der Waals surface area contributed by atoms with Gasteiger partial charge in [-0.3, -0.25) is 14.4 Å². The van der Waals surface area contributed by atoms with Crippen LogP contribution in [0, 0.1) is 5.92 Å². The first-order chi connectivity index (χ1) is 10.0. The van der Waals surface area contributed by atoms with E-state index in [1.165, 1.54) is 26.2 Å². The second kappa shape index (κ2) is 6.17. The van der Waals surface area contributed by atoms with Gasteiger partial charge in [-0.1, -0.05) is 18.2 Å². The number of benzene rings is 1. The number of hydrogen-bond donors (Lipinski definition) is 0. The maximum absolute atomic E-state index is 12.0. The van der Waals surface area contributed by atoms with Gasteiger partial charge in [0.15, 0.2) is 17.5 Å². The molecule has 0 aromatic heterocycles. The minimum Gasteiger partial charge on any atom is -0.496 e. The Hall–Kier alpha value is -2.69. The van der Waals surface area contributed by atoms with Gasteiger partial charge in [-0.05, 0) is 25.1 Å². The molecule has 1 aliphatic heterocycles. The summed E-state index contributed by atoms with van der Waals surface area (Å²) in [6.07, 6.45) is 3.85. The van der Waals surface area contributed by atoms with Gasteiger partial charge in [0, 0.05) is 11.6 Å². The van der Waals surface area contributed by atoms with Crippen molar-refractivity contribution < 1.29 is 23.9 Å². The molecule has 5 heteroatoms. The zero-order chi connectivity index (χ0) is 15.4. The fourth-order valence-electron chi connectivity index (χ4n) is 1.98. The van der Waals surface area contributed by atoms with Gasteiger partial charge in [0.1, 0.15) is 11.5 Å². The van der Waals surface area contributed by atoms with Crippen LogP contribution in [-0.4, -0.2) is 24.6 Å². The van der Waals surface area contributed by atoms with Crippen LogP contribution in [0.2, 0.25) is 0 Å². The summed E-state index contributed by atoms with van der Waals surface area (Å²) >= 11 is 0. The molecule has 0 saturated carbocycles. The summed E-state index contributed by atoms with van der Waals surface area (Å²) in [7, 11) is 1.52. The number of carbonyl (C=O) groups is 3. The van der Waals surface area contributed by atoms with Crippen molar-refractivity contribution in [1.82, 2.24) is 0 Å². The monoisotopic (exact) mass is 286 g/mol. The van der Waals surface area contributed by atoms with E-state index in [0.29, 0.717) is 11.3 Å². The Kier molecular flexibility index (Phi) is 4.33. The number of rotatable bonds is 4. The molecule has 1 atom stereocenters. The lowest BCUT2D eigenvalue weighted by Crippen LogP contribution is -2.34. The van der Waals surface area contributed by atoms with E-state index in [1.54, 1.807) is 24.3 Å². The highest BCUT2D eigenvalue weighted by molar-refractivity contribution is 6.25. The molecule has 1 heterocycles. The fraction of sp³-hybridized carbons (Fsp3) is 0.188. The summed E-state index contributed by atoms with van der Waals surface area (Å²) in [5.74, 6) is -2.63. The highest BCUT2D eigenvalue weighted by atomic mass is 16.5. The molecule has 1 aliphatic rings. The minimum absolute atomic E-state index is 0.197. The maximum Gasteiger partial charge on any atom is 0.329 e. The van der Waals surface area contributed by atoms with Gasteiger partial charge in [0.25, 0.3) is 0 Å². The minimum atomic E-state index is -1.42. The molecule has 0 radical (unpaired) electrons. The van der Waals surface area contributed by atoms with Gasteiger partial charge in [0.05, 0.1) is 7.11 Å². The van der Waals surface area contributed by atoms with Crippen LogP contribution in [0.5, 0.6) is 5.75 Å². The Morgan fingerprint density at radius 3 is 2.67 bits per heavy atom. The van der Waals surface area contributed by atoms with Crippen molar-refractivity contribution in [1.29, 1.82) is 0 Å². The number of esters is 1. The molecule has 0 aliphatic carbocycles. The molecule has 2 rings (SSSR count). The number of hydrogen-bond acceptors (Lipinski definition) is 5. The van der Waals surface area contributed by atoms with Crippen molar-refractivity contribution >= 4 is 23.6 Å². The summed E-state index contributed by atoms with van der Waals surface area (Å²) < 4.78 is 9.96. The largest absolute Gasteiger partial charge is 0.496 e. The molecule has 0 N–H and O–H groups in total. The number of para-hydroxylation sites is 1. The third-order valence-corrected chi connectivity index (χ3v) is 2.98. The molecular weight excluding hydrogens is 272 g/mol. The van der Waals surface area contributed by atoms with E-state index in [2.05, 4.69) is 0 Å². The molecule has 1 unspecified atom stereocenters. The average Bonchev–Trinajstić information content (AvgIpc) is 2.44. The van der Waals surface area contributed by atoms with Crippen LogP contribution in [0.4, 0.5) is 0 Å². The van der Waals surface area contributed by atoms with Crippen molar-refractivity contribution in [3.63, 3.8) is 0 Å². The first-order valence-corrected chi connectivity index (χ1v) is 6.31. The topological polar surface area (TPSA) is 69.7 Å². The molecule has 0 fully saturated rings. The zero-order valence-corrected chi connectivity index (χ0v) is 11.7. The van der Waals surface area contributed by atoms with Crippen molar-refractivity contribution in [2.24, 2.45) is 5.92 Å². The number of cyclic esters (lactones) is 1. The van der Waals surface area contributed by atoms with E-state index in [-0.39, 0.29) is 5.76 Å². The summed E-state index contributed by atoms with van der Waals surface area (Å²) in [5, 5.41) is 0. The lowest BCUT2D eigenvalue weighted by Gasteiger charge is -2.15. The normalized spacial score (nSPS) is 18.4. The summed E-state index contributed by atoms with van der Waals surface area (Å²) in [4.78, 5) is 35.4. The second-order valence-corrected chi connectivity index (χ2v) is 4.49. The predicted molar refractivity (Wildman–Crippen MR) is 75.4 cm³/mol. The molecule has 0 bridgehead atoms. The number of allylic oxidation sites excluding steroid dienone is 3. The van der Waals surface area contributed by atoms with Crippen LogP contribution in [0.1, 0.15) is 12.5 Å². The fourth-order valence-corrected chi connectivity index (χ4v) is 1.98. The molecule has 0 spiro atoms. The van der Waals surface area contributed by atoms with Crippen LogP contribution in [0.25, 0.3) is 6.08 Å². The van der Waals surface area contributed by atoms with Crippen LogP contribution < -0.4 is 4.74 Å². The molecule has 1 aromatic rings. The third-order valence-electron chi connectivity index (χ3n) is 2.98. The Morgan fingerprint density at radius 1 is 1.29 bits per heavy atom. The van der Waals surface area contributed by atoms with E-state index in [0.717, 1.165) is 6.08 Å². The SMILES string of the molecule is COc1ccccc1C=CC(=O)C1C(=O)C=C(C)OC1=O. The molecule has 0 saturated heterocycles.